The number of rotatable bonds is 6. The fourth-order valence-corrected chi connectivity index (χ4v) is 2.25. The van der Waals surface area contributed by atoms with Crippen LogP contribution < -0.4 is 10.1 Å². The largest absolute Gasteiger partial charge is 0.494 e. The molecule has 106 valence electrons. The van der Waals surface area contributed by atoms with Crippen LogP contribution in [-0.4, -0.2) is 13.7 Å². The van der Waals surface area contributed by atoms with Gasteiger partial charge in [-0.05, 0) is 49.4 Å². The lowest BCUT2D eigenvalue weighted by Crippen LogP contribution is -2.20. The smallest absolute Gasteiger partial charge is 0.123 e. The van der Waals surface area contributed by atoms with E-state index in [1.165, 1.54) is 6.07 Å². The van der Waals surface area contributed by atoms with Crippen molar-refractivity contribution in [3.8, 4) is 5.75 Å². The summed E-state index contributed by atoms with van der Waals surface area (Å²) >= 11 is 0. The molecule has 0 spiro atoms. The minimum Gasteiger partial charge on any atom is -0.494 e. The summed E-state index contributed by atoms with van der Waals surface area (Å²) in [6, 6.07) is 14.7. The first-order valence-electron chi connectivity index (χ1n) is 6.82. The molecule has 0 aliphatic heterocycles. The van der Waals surface area contributed by atoms with Gasteiger partial charge >= 0.3 is 0 Å². The third kappa shape index (κ3) is 3.81. The van der Waals surface area contributed by atoms with E-state index in [-0.39, 0.29) is 11.9 Å². The number of halogens is 1. The van der Waals surface area contributed by atoms with Gasteiger partial charge < -0.3 is 10.1 Å². The Morgan fingerprint density at radius 1 is 1.15 bits per heavy atom. The highest BCUT2D eigenvalue weighted by molar-refractivity contribution is 5.29. The molecule has 2 aromatic rings. The van der Waals surface area contributed by atoms with E-state index in [0.29, 0.717) is 6.61 Å². The number of hydrogen-bond donors (Lipinski definition) is 1. The molecule has 1 N–H and O–H groups in total. The molecule has 1 atom stereocenters. The molecular formula is C17H20FNO. The monoisotopic (exact) mass is 273 g/mol. The molecule has 2 nitrogen and oxygen atoms in total. The molecule has 0 fully saturated rings. The molecule has 2 aromatic carbocycles. The van der Waals surface area contributed by atoms with E-state index in [2.05, 4.69) is 5.32 Å². The van der Waals surface area contributed by atoms with E-state index >= 15 is 0 Å². The van der Waals surface area contributed by atoms with Crippen LogP contribution in [0.4, 0.5) is 4.39 Å². The highest BCUT2D eigenvalue weighted by Crippen LogP contribution is 2.22. The molecular weight excluding hydrogens is 253 g/mol. The Morgan fingerprint density at radius 3 is 2.60 bits per heavy atom. The highest BCUT2D eigenvalue weighted by atomic mass is 19.1. The first-order valence-corrected chi connectivity index (χ1v) is 6.82. The number of ether oxygens (including phenoxy) is 1. The van der Waals surface area contributed by atoms with Gasteiger partial charge in [-0.25, -0.2) is 4.39 Å². The summed E-state index contributed by atoms with van der Waals surface area (Å²) in [5, 5.41) is 3.23. The summed E-state index contributed by atoms with van der Waals surface area (Å²) in [6.45, 7) is 2.59. The average Bonchev–Trinajstić information content (AvgIpc) is 2.48. The fraction of sp³-hybridized carbons (Fsp3) is 0.294. The van der Waals surface area contributed by atoms with Crippen molar-refractivity contribution in [3.63, 3.8) is 0 Å². The minimum absolute atomic E-state index is 0.0920. The summed E-state index contributed by atoms with van der Waals surface area (Å²) in [4.78, 5) is 0. The third-order valence-corrected chi connectivity index (χ3v) is 3.38. The lowest BCUT2D eigenvalue weighted by molar-refractivity contribution is 0.290. The summed E-state index contributed by atoms with van der Waals surface area (Å²) < 4.78 is 19.1. The zero-order valence-electron chi connectivity index (χ0n) is 11.9. The second-order valence-corrected chi connectivity index (χ2v) is 4.79. The standard InChI is InChI=1S/C17H20FNO/c1-13-8-9-14(18)12-16(13)17(19-2)10-11-20-15-6-4-3-5-7-15/h3-9,12,17,19H,10-11H2,1-2H3. The van der Waals surface area contributed by atoms with Crippen LogP contribution in [0.3, 0.4) is 0 Å². The molecule has 2 rings (SSSR count). The second kappa shape index (κ2) is 7.06. The maximum Gasteiger partial charge on any atom is 0.123 e. The second-order valence-electron chi connectivity index (χ2n) is 4.79. The molecule has 0 radical (unpaired) electrons. The van der Waals surface area contributed by atoms with Crippen LogP contribution in [0.15, 0.2) is 48.5 Å². The van der Waals surface area contributed by atoms with E-state index in [9.17, 15) is 4.39 Å². The summed E-state index contributed by atoms with van der Waals surface area (Å²) in [7, 11) is 1.89. The van der Waals surface area contributed by atoms with Gasteiger partial charge in [0.2, 0.25) is 0 Å². The van der Waals surface area contributed by atoms with Gasteiger partial charge in [0.15, 0.2) is 0 Å². The lowest BCUT2D eigenvalue weighted by atomic mass is 9.99. The van der Waals surface area contributed by atoms with Gasteiger partial charge in [-0.15, -0.1) is 0 Å². The van der Waals surface area contributed by atoms with Crippen LogP contribution in [-0.2, 0) is 0 Å². The summed E-state index contributed by atoms with van der Waals surface area (Å²) in [5.41, 5.74) is 2.08. The molecule has 0 amide bonds. The van der Waals surface area contributed by atoms with E-state index in [4.69, 9.17) is 4.74 Å². The molecule has 20 heavy (non-hydrogen) atoms. The van der Waals surface area contributed by atoms with Crippen molar-refractivity contribution in [2.75, 3.05) is 13.7 Å². The first kappa shape index (κ1) is 14.5. The quantitative estimate of drug-likeness (QED) is 0.862. The van der Waals surface area contributed by atoms with Crippen LogP contribution in [0.1, 0.15) is 23.6 Å². The van der Waals surface area contributed by atoms with Crippen molar-refractivity contribution in [3.05, 3.63) is 65.5 Å². The predicted octanol–water partition coefficient (Wildman–Crippen LogP) is 3.86. The van der Waals surface area contributed by atoms with Gasteiger partial charge in [-0.3, -0.25) is 0 Å². The zero-order valence-corrected chi connectivity index (χ0v) is 11.9. The molecule has 1 unspecified atom stereocenters. The maximum absolute atomic E-state index is 13.4. The highest BCUT2D eigenvalue weighted by Gasteiger charge is 2.12. The van der Waals surface area contributed by atoms with Crippen LogP contribution in [0.5, 0.6) is 5.75 Å². The molecule has 0 saturated carbocycles. The van der Waals surface area contributed by atoms with Crippen molar-refractivity contribution >= 4 is 0 Å². The van der Waals surface area contributed by atoms with Crippen LogP contribution >= 0.6 is 0 Å². The molecule has 0 saturated heterocycles. The molecule has 0 heterocycles. The maximum atomic E-state index is 13.4. The predicted molar refractivity (Wildman–Crippen MR) is 79.5 cm³/mol. The van der Waals surface area contributed by atoms with E-state index < -0.39 is 0 Å². The van der Waals surface area contributed by atoms with Gasteiger partial charge in [-0.2, -0.15) is 0 Å². The summed E-state index contributed by atoms with van der Waals surface area (Å²) in [5.74, 6) is 0.660. The molecule has 0 bridgehead atoms. The van der Waals surface area contributed by atoms with Gasteiger partial charge in [0, 0.05) is 12.5 Å². The van der Waals surface area contributed by atoms with E-state index in [1.54, 1.807) is 6.07 Å². The summed E-state index contributed by atoms with van der Waals surface area (Å²) in [6.07, 6.45) is 0.787. The molecule has 0 aliphatic rings. The minimum atomic E-state index is -0.199. The van der Waals surface area contributed by atoms with Crippen LogP contribution in [0, 0.1) is 12.7 Å². The third-order valence-electron chi connectivity index (χ3n) is 3.38. The van der Waals surface area contributed by atoms with Gasteiger partial charge in [0.1, 0.15) is 11.6 Å². The van der Waals surface area contributed by atoms with Gasteiger partial charge in [0.25, 0.3) is 0 Å². The van der Waals surface area contributed by atoms with Crippen molar-refractivity contribution in [1.82, 2.24) is 5.32 Å². The average molecular weight is 273 g/mol. The Hall–Kier alpha value is -1.87. The first-order chi connectivity index (χ1) is 9.70. The van der Waals surface area contributed by atoms with E-state index in [0.717, 1.165) is 23.3 Å². The number of para-hydroxylation sites is 1. The number of hydrogen-bond acceptors (Lipinski definition) is 2. The SMILES string of the molecule is CNC(CCOc1ccccc1)c1cc(F)ccc1C. The molecule has 3 heteroatoms. The lowest BCUT2D eigenvalue weighted by Gasteiger charge is -2.19. The van der Waals surface area contributed by atoms with E-state index in [1.807, 2.05) is 50.4 Å². The van der Waals surface area contributed by atoms with Gasteiger partial charge in [0.05, 0.1) is 6.61 Å². The zero-order chi connectivity index (χ0) is 14.4. The Labute approximate surface area is 119 Å². The van der Waals surface area contributed by atoms with Crippen molar-refractivity contribution < 1.29 is 9.13 Å². The fourth-order valence-electron chi connectivity index (χ4n) is 2.25. The number of benzene rings is 2. The number of aryl methyl sites for hydroxylation is 1. The molecule has 0 aliphatic carbocycles. The van der Waals surface area contributed by atoms with Gasteiger partial charge in [-0.1, -0.05) is 24.3 Å². The topological polar surface area (TPSA) is 21.3 Å². The molecule has 0 aromatic heterocycles. The van der Waals surface area contributed by atoms with Crippen LogP contribution in [0.25, 0.3) is 0 Å². The Bertz CT molecular complexity index is 542. The van der Waals surface area contributed by atoms with Crippen LogP contribution in [0.2, 0.25) is 0 Å². The number of nitrogens with one attached hydrogen (secondary N) is 1. The Morgan fingerprint density at radius 2 is 1.90 bits per heavy atom. The Kier molecular flexibility index (Phi) is 5.13. The van der Waals surface area contributed by atoms with Crippen molar-refractivity contribution in [1.29, 1.82) is 0 Å². The van der Waals surface area contributed by atoms with Crippen molar-refractivity contribution in [2.45, 2.75) is 19.4 Å². The Balaban J connectivity index is 1.97. The normalized spacial score (nSPS) is 12.2. The van der Waals surface area contributed by atoms with Crippen molar-refractivity contribution in [2.24, 2.45) is 0 Å².